The second-order valence-electron chi connectivity index (χ2n) is 7.11. The average molecular weight is 348 g/mol. The normalized spacial score (nSPS) is 22.8. The van der Waals surface area contributed by atoms with E-state index in [2.05, 4.69) is 5.32 Å². The molecule has 2 aliphatic rings. The van der Waals surface area contributed by atoms with E-state index in [9.17, 15) is 19.1 Å². The summed E-state index contributed by atoms with van der Waals surface area (Å²) in [7, 11) is 0. The Morgan fingerprint density at radius 1 is 1.16 bits per heavy atom. The predicted octanol–water partition coefficient (Wildman–Crippen LogP) is 2.72. The number of hydrogen-bond acceptors (Lipinski definition) is 3. The van der Waals surface area contributed by atoms with E-state index in [0.29, 0.717) is 18.9 Å². The number of amides is 1. The second-order valence-corrected chi connectivity index (χ2v) is 7.11. The predicted molar refractivity (Wildman–Crippen MR) is 91.5 cm³/mol. The van der Waals surface area contributed by atoms with E-state index in [1.807, 2.05) is 0 Å². The van der Waals surface area contributed by atoms with Gasteiger partial charge >= 0.3 is 5.97 Å². The molecule has 0 unspecified atom stereocenters. The van der Waals surface area contributed by atoms with E-state index in [1.54, 1.807) is 17.0 Å². The average Bonchev–Trinajstić information content (AvgIpc) is 3.25. The van der Waals surface area contributed by atoms with Gasteiger partial charge in [0.2, 0.25) is 5.91 Å². The van der Waals surface area contributed by atoms with Crippen LogP contribution >= 0.6 is 0 Å². The van der Waals surface area contributed by atoms with Crippen LogP contribution in [0, 0.1) is 11.7 Å². The van der Waals surface area contributed by atoms with E-state index in [0.717, 1.165) is 37.7 Å². The fourth-order valence-electron chi connectivity index (χ4n) is 4.13. The monoisotopic (exact) mass is 348 g/mol. The van der Waals surface area contributed by atoms with E-state index < -0.39 is 12.0 Å². The molecule has 136 valence electrons. The third kappa shape index (κ3) is 4.37. The first kappa shape index (κ1) is 17.9. The topological polar surface area (TPSA) is 69.6 Å². The van der Waals surface area contributed by atoms with Crippen LogP contribution in [0.25, 0.3) is 0 Å². The molecule has 0 bridgehead atoms. The first-order valence-electron chi connectivity index (χ1n) is 9.06. The van der Waals surface area contributed by atoms with Crippen LogP contribution in [0.2, 0.25) is 0 Å². The highest BCUT2D eigenvalue weighted by atomic mass is 19.1. The van der Waals surface area contributed by atoms with Crippen molar-refractivity contribution in [3.05, 3.63) is 35.6 Å². The Morgan fingerprint density at radius 2 is 1.84 bits per heavy atom. The minimum absolute atomic E-state index is 0.0986. The molecule has 2 fully saturated rings. The van der Waals surface area contributed by atoms with Crippen molar-refractivity contribution in [3.8, 4) is 0 Å². The summed E-state index contributed by atoms with van der Waals surface area (Å²) in [6.07, 6.45) is 5.77. The van der Waals surface area contributed by atoms with Gasteiger partial charge in [0, 0.05) is 0 Å². The zero-order chi connectivity index (χ0) is 17.8. The van der Waals surface area contributed by atoms with Crippen molar-refractivity contribution < 1.29 is 19.1 Å². The maximum Gasteiger partial charge on any atom is 0.320 e. The number of hydrogen-bond donors (Lipinski definition) is 2. The lowest BCUT2D eigenvalue weighted by Crippen LogP contribution is -2.44. The van der Waals surface area contributed by atoms with Crippen molar-refractivity contribution in [2.45, 2.75) is 50.6 Å². The maximum atomic E-state index is 13.2. The van der Waals surface area contributed by atoms with Crippen molar-refractivity contribution in [1.29, 1.82) is 0 Å². The number of benzene rings is 1. The maximum absolute atomic E-state index is 13.2. The zero-order valence-electron chi connectivity index (χ0n) is 14.3. The Kier molecular flexibility index (Phi) is 5.68. The number of rotatable bonds is 6. The second kappa shape index (κ2) is 7.95. The van der Waals surface area contributed by atoms with Gasteiger partial charge in [0.15, 0.2) is 0 Å². The molecule has 2 N–H and O–H groups in total. The lowest BCUT2D eigenvalue weighted by molar-refractivity contribution is -0.142. The van der Waals surface area contributed by atoms with Gasteiger partial charge in [0.1, 0.15) is 11.9 Å². The molecule has 1 heterocycles. The third-order valence-electron chi connectivity index (χ3n) is 5.41. The molecule has 0 aromatic heterocycles. The number of nitrogens with one attached hydrogen (secondary N) is 1. The van der Waals surface area contributed by atoms with Gasteiger partial charge in [0.05, 0.1) is 12.6 Å². The first-order valence-corrected chi connectivity index (χ1v) is 9.06. The van der Waals surface area contributed by atoms with Gasteiger partial charge < -0.3 is 10.4 Å². The quantitative estimate of drug-likeness (QED) is 0.829. The van der Waals surface area contributed by atoms with Crippen molar-refractivity contribution >= 4 is 11.9 Å². The largest absolute Gasteiger partial charge is 0.480 e. The van der Waals surface area contributed by atoms with Gasteiger partial charge in [0.25, 0.3) is 0 Å². The van der Waals surface area contributed by atoms with Crippen LogP contribution in [0.1, 0.15) is 50.1 Å². The van der Waals surface area contributed by atoms with Crippen LogP contribution < -0.4 is 5.32 Å². The van der Waals surface area contributed by atoms with E-state index in [-0.39, 0.29) is 24.3 Å². The molecule has 2 atom stereocenters. The summed E-state index contributed by atoms with van der Waals surface area (Å²) in [5.41, 5.74) is 0.915. The Bertz CT molecular complexity index is 614. The van der Waals surface area contributed by atoms with Crippen molar-refractivity contribution in [2.75, 3.05) is 13.1 Å². The van der Waals surface area contributed by atoms with Gasteiger partial charge in [-0.2, -0.15) is 0 Å². The number of carboxylic acid groups (broad SMARTS) is 1. The minimum Gasteiger partial charge on any atom is -0.480 e. The number of carbonyl (C=O) groups excluding carboxylic acids is 1. The molecule has 1 saturated heterocycles. The summed E-state index contributed by atoms with van der Waals surface area (Å²) in [6.45, 7) is 0.733. The Morgan fingerprint density at radius 3 is 2.48 bits per heavy atom. The molecular weight excluding hydrogens is 323 g/mol. The molecule has 1 saturated carbocycles. The Labute approximate surface area is 147 Å². The number of aliphatic carboxylic acids is 1. The van der Waals surface area contributed by atoms with Crippen LogP contribution in [-0.2, 0) is 9.59 Å². The number of halogens is 1. The summed E-state index contributed by atoms with van der Waals surface area (Å²) < 4.78 is 13.2. The highest BCUT2D eigenvalue weighted by Crippen LogP contribution is 2.35. The molecular formula is C19H25FN2O3. The number of nitrogens with zero attached hydrogens (tertiary/aromatic N) is 1. The summed E-state index contributed by atoms with van der Waals surface area (Å²) in [5, 5.41) is 12.3. The van der Waals surface area contributed by atoms with Crippen LogP contribution in [0.5, 0.6) is 0 Å². The molecule has 3 rings (SSSR count). The van der Waals surface area contributed by atoms with Crippen molar-refractivity contribution in [3.63, 3.8) is 0 Å². The molecule has 1 aliphatic carbocycles. The molecule has 6 heteroatoms. The molecule has 0 radical (unpaired) electrons. The number of carboxylic acids is 1. The molecule has 1 aliphatic heterocycles. The highest BCUT2D eigenvalue weighted by molar-refractivity contribution is 5.80. The van der Waals surface area contributed by atoms with Crippen molar-refractivity contribution in [1.82, 2.24) is 10.2 Å². The third-order valence-corrected chi connectivity index (χ3v) is 5.41. The smallest absolute Gasteiger partial charge is 0.320 e. The van der Waals surface area contributed by atoms with E-state index in [1.165, 1.54) is 12.1 Å². The lowest BCUT2D eigenvalue weighted by Gasteiger charge is -2.27. The van der Waals surface area contributed by atoms with Crippen LogP contribution in [0.4, 0.5) is 4.39 Å². The van der Waals surface area contributed by atoms with Crippen LogP contribution in [0.3, 0.4) is 0 Å². The minimum atomic E-state index is -0.865. The standard InChI is InChI=1S/C19H25FN2O3/c20-15-9-7-14(8-10-15)18(13-4-1-2-5-13)21-17(23)12-22-11-3-6-16(22)19(24)25/h7-10,13,16,18H,1-6,11-12H2,(H,21,23)(H,24,25)/t16-,18+/m0/s1. The molecule has 1 amide bonds. The number of carbonyl (C=O) groups is 2. The highest BCUT2D eigenvalue weighted by Gasteiger charge is 2.33. The molecule has 0 spiro atoms. The fourth-order valence-corrected chi connectivity index (χ4v) is 4.13. The first-order chi connectivity index (χ1) is 12.0. The summed E-state index contributed by atoms with van der Waals surface area (Å²) in [4.78, 5) is 25.6. The summed E-state index contributed by atoms with van der Waals surface area (Å²) in [6, 6.07) is 5.60. The lowest BCUT2D eigenvalue weighted by atomic mass is 9.91. The van der Waals surface area contributed by atoms with Gasteiger partial charge in [-0.1, -0.05) is 25.0 Å². The molecule has 1 aromatic rings. The molecule has 1 aromatic carbocycles. The summed E-state index contributed by atoms with van der Waals surface area (Å²) >= 11 is 0. The summed E-state index contributed by atoms with van der Waals surface area (Å²) in [5.74, 6) is -0.963. The van der Waals surface area contributed by atoms with Crippen LogP contribution in [-0.4, -0.2) is 41.0 Å². The Hall–Kier alpha value is -1.95. The number of likely N-dealkylation sites (tertiary alicyclic amines) is 1. The van der Waals surface area contributed by atoms with Crippen LogP contribution in [0.15, 0.2) is 24.3 Å². The van der Waals surface area contributed by atoms with Gasteiger partial charge in [-0.25, -0.2) is 4.39 Å². The Balaban J connectivity index is 1.68. The van der Waals surface area contributed by atoms with E-state index in [4.69, 9.17) is 0 Å². The van der Waals surface area contributed by atoms with Gasteiger partial charge in [-0.15, -0.1) is 0 Å². The van der Waals surface area contributed by atoms with E-state index >= 15 is 0 Å². The van der Waals surface area contributed by atoms with Gasteiger partial charge in [-0.05, 0) is 55.8 Å². The molecule has 25 heavy (non-hydrogen) atoms. The zero-order valence-corrected chi connectivity index (χ0v) is 14.3. The SMILES string of the molecule is O=C(CN1CCC[C@H]1C(=O)O)N[C@@H](c1ccc(F)cc1)C1CCCC1. The molecule has 5 nitrogen and oxygen atoms in total. The van der Waals surface area contributed by atoms with Gasteiger partial charge in [-0.3, -0.25) is 14.5 Å². The fraction of sp³-hybridized carbons (Fsp3) is 0.579. The van der Waals surface area contributed by atoms with Crippen molar-refractivity contribution in [2.24, 2.45) is 5.92 Å².